The highest BCUT2D eigenvalue weighted by atomic mass is 32.2. The minimum Gasteiger partial charge on any atom is -0.497 e. The number of carbonyl (C=O) groups is 2. The Balaban J connectivity index is 1.73. The number of rotatable bonds is 12. The molecule has 1 heterocycles. The molecule has 0 fully saturated rings. The van der Waals surface area contributed by atoms with E-state index in [1.807, 2.05) is 6.92 Å². The van der Waals surface area contributed by atoms with E-state index in [-0.39, 0.29) is 35.0 Å². The summed E-state index contributed by atoms with van der Waals surface area (Å²) in [6, 6.07) is 9.42. The first-order valence-electron chi connectivity index (χ1n) is 12.2. The first kappa shape index (κ1) is 31.0. The molecule has 0 unspecified atom stereocenters. The first-order chi connectivity index (χ1) is 19.4. The molecule has 0 saturated carbocycles. The molecule has 15 heteroatoms. The number of sulfonamides is 1. The summed E-state index contributed by atoms with van der Waals surface area (Å²) in [5, 5.41) is 18.8. The van der Waals surface area contributed by atoms with Gasteiger partial charge in [-0.05, 0) is 69.7 Å². The number of thiophene rings is 1. The van der Waals surface area contributed by atoms with Crippen LogP contribution in [0.5, 0.6) is 5.75 Å². The second-order valence-corrected chi connectivity index (χ2v) is 11.6. The van der Waals surface area contributed by atoms with Crippen molar-refractivity contribution in [1.82, 2.24) is 0 Å². The predicted octanol–water partition coefficient (Wildman–Crippen LogP) is 5.08. The second kappa shape index (κ2) is 13.2. The van der Waals surface area contributed by atoms with Gasteiger partial charge in [0.05, 0.1) is 35.5 Å². The van der Waals surface area contributed by atoms with Gasteiger partial charge in [0.15, 0.2) is 0 Å². The summed E-state index contributed by atoms with van der Waals surface area (Å²) in [5.41, 5.74) is 3.45. The predicted molar refractivity (Wildman–Crippen MR) is 157 cm³/mol. The van der Waals surface area contributed by atoms with Crippen LogP contribution in [0.1, 0.15) is 41.1 Å². The quantitative estimate of drug-likeness (QED) is 0.110. The highest BCUT2D eigenvalue weighted by Gasteiger charge is 2.23. The number of hydrazone groups is 1. The molecule has 0 radical (unpaired) electrons. The van der Waals surface area contributed by atoms with Gasteiger partial charge in [0, 0.05) is 22.3 Å². The Bertz CT molecular complexity index is 1600. The van der Waals surface area contributed by atoms with Crippen LogP contribution in [0.25, 0.3) is 0 Å². The van der Waals surface area contributed by atoms with Crippen LogP contribution >= 0.6 is 11.3 Å². The third-order valence-corrected chi connectivity index (χ3v) is 8.22. The van der Waals surface area contributed by atoms with Gasteiger partial charge in [-0.3, -0.25) is 25.1 Å². The van der Waals surface area contributed by atoms with Gasteiger partial charge in [-0.25, -0.2) is 13.2 Å². The molecule has 1 aromatic heterocycles. The normalized spacial score (nSPS) is 11.5. The van der Waals surface area contributed by atoms with E-state index in [2.05, 4.69) is 20.6 Å². The molecule has 0 bridgehead atoms. The number of nitro groups is 1. The zero-order chi connectivity index (χ0) is 30.3. The van der Waals surface area contributed by atoms with E-state index >= 15 is 0 Å². The number of ether oxygens (including phenoxy) is 2. The molecular weight excluding hydrogens is 574 g/mol. The van der Waals surface area contributed by atoms with Crippen molar-refractivity contribution in [2.24, 2.45) is 5.10 Å². The lowest BCUT2D eigenvalue weighted by Gasteiger charge is -2.10. The molecule has 1 amide bonds. The van der Waals surface area contributed by atoms with Gasteiger partial charge in [0.1, 0.15) is 16.4 Å². The van der Waals surface area contributed by atoms with E-state index in [1.165, 1.54) is 49.6 Å². The minimum atomic E-state index is -4.14. The van der Waals surface area contributed by atoms with Crippen molar-refractivity contribution in [3.63, 3.8) is 0 Å². The number of nitrogens with one attached hydrogen (secondary N) is 3. The van der Waals surface area contributed by atoms with E-state index in [9.17, 15) is 28.1 Å². The van der Waals surface area contributed by atoms with E-state index in [4.69, 9.17) is 9.47 Å². The fraction of sp³-hybridized carbons (Fsp3) is 0.269. The molecule has 0 aliphatic heterocycles. The average molecular weight is 604 g/mol. The SMILES string of the molecule is CCOC(=O)c1c(NC(=O)C/C(C)=N/Nc2ccc(S(=O)(=O)Nc3ccc(OC)cc3)cc2[N+](=O)[O-])sc(C)c1C. The van der Waals surface area contributed by atoms with E-state index in [0.29, 0.717) is 21.9 Å². The van der Waals surface area contributed by atoms with Gasteiger partial charge in [-0.2, -0.15) is 5.10 Å². The fourth-order valence-electron chi connectivity index (χ4n) is 3.56. The van der Waals surface area contributed by atoms with Crippen LogP contribution < -0.4 is 20.2 Å². The fourth-order valence-corrected chi connectivity index (χ4v) is 5.70. The molecule has 218 valence electrons. The lowest BCUT2D eigenvalue weighted by molar-refractivity contribution is -0.384. The molecule has 2 aromatic carbocycles. The van der Waals surface area contributed by atoms with Gasteiger partial charge in [-0.1, -0.05) is 0 Å². The Kier molecular flexibility index (Phi) is 10.0. The number of carbonyl (C=O) groups excluding carboxylic acids is 2. The summed E-state index contributed by atoms with van der Waals surface area (Å²) in [5.74, 6) is -0.459. The molecular formula is C26H29N5O8S2. The highest BCUT2D eigenvalue weighted by molar-refractivity contribution is 7.92. The van der Waals surface area contributed by atoms with Crippen molar-refractivity contribution >= 4 is 61.0 Å². The third kappa shape index (κ3) is 7.79. The largest absolute Gasteiger partial charge is 0.497 e. The van der Waals surface area contributed by atoms with Gasteiger partial charge >= 0.3 is 5.97 Å². The summed E-state index contributed by atoms with van der Waals surface area (Å²) in [6.45, 7) is 7.01. The number of amides is 1. The van der Waals surface area contributed by atoms with Crippen molar-refractivity contribution in [3.05, 3.63) is 68.6 Å². The van der Waals surface area contributed by atoms with Gasteiger partial charge < -0.3 is 14.8 Å². The topological polar surface area (TPSA) is 178 Å². The van der Waals surface area contributed by atoms with Crippen LogP contribution in [-0.2, 0) is 19.6 Å². The van der Waals surface area contributed by atoms with Crippen LogP contribution in [0.4, 0.5) is 22.1 Å². The first-order valence-corrected chi connectivity index (χ1v) is 14.5. The summed E-state index contributed by atoms with van der Waals surface area (Å²) in [6.07, 6.45) is -0.183. The number of benzene rings is 2. The molecule has 0 aliphatic rings. The van der Waals surface area contributed by atoms with Crippen molar-refractivity contribution in [2.75, 3.05) is 29.2 Å². The molecule has 3 aromatic rings. The lowest BCUT2D eigenvalue weighted by atomic mass is 10.1. The average Bonchev–Trinajstić information content (AvgIpc) is 3.19. The highest BCUT2D eigenvalue weighted by Crippen LogP contribution is 2.33. The third-order valence-electron chi connectivity index (χ3n) is 5.72. The monoisotopic (exact) mass is 603 g/mol. The van der Waals surface area contributed by atoms with Crippen LogP contribution in [0.2, 0.25) is 0 Å². The summed E-state index contributed by atoms with van der Waals surface area (Å²) in [4.78, 5) is 36.5. The van der Waals surface area contributed by atoms with Crippen LogP contribution in [0.3, 0.4) is 0 Å². The Morgan fingerprint density at radius 3 is 2.41 bits per heavy atom. The molecule has 0 saturated heterocycles. The number of aryl methyl sites for hydroxylation is 1. The smallest absolute Gasteiger partial charge is 0.341 e. The maximum absolute atomic E-state index is 12.8. The second-order valence-electron chi connectivity index (χ2n) is 8.66. The Hall–Kier alpha value is -4.50. The molecule has 0 spiro atoms. The van der Waals surface area contributed by atoms with Gasteiger partial charge in [0.25, 0.3) is 15.7 Å². The summed E-state index contributed by atoms with van der Waals surface area (Å²) in [7, 11) is -2.67. The molecule has 13 nitrogen and oxygen atoms in total. The van der Waals surface area contributed by atoms with E-state index < -0.39 is 32.5 Å². The number of hydrogen-bond acceptors (Lipinski definition) is 11. The number of anilines is 3. The standard InChI is InChI=1S/C26H29N5O8S2/c1-6-39-26(33)24-16(3)17(4)40-25(24)27-23(32)13-15(2)28-29-21-12-11-20(14-22(21)31(34)35)41(36,37)30-18-7-9-19(38-5)10-8-18/h7-12,14,29-30H,6,13H2,1-5H3,(H,27,32)/b28-15+. The summed E-state index contributed by atoms with van der Waals surface area (Å²) >= 11 is 1.25. The van der Waals surface area contributed by atoms with Crippen molar-refractivity contribution in [2.45, 2.75) is 39.0 Å². The van der Waals surface area contributed by atoms with Crippen LogP contribution in [0, 0.1) is 24.0 Å². The summed E-state index contributed by atoms with van der Waals surface area (Å²) < 4.78 is 38.1. The zero-order valence-electron chi connectivity index (χ0n) is 22.9. The van der Waals surface area contributed by atoms with Crippen molar-refractivity contribution in [1.29, 1.82) is 0 Å². The molecule has 0 atom stereocenters. The number of esters is 1. The van der Waals surface area contributed by atoms with E-state index in [1.54, 1.807) is 26.0 Å². The van der Waals surface area contributed by atoms with Crippen molar-refractivity contribution < 1.29 is 32.4 Å². The van der Waals surface area contributed by atoms with Crippen molar-refractivity contribution in [3.8, 4) is 5.75 Å². The Morgan fingerprint density at radius 2 is 1.80 bits per heavy atom. The van der Waals surface area contributed by atoms with Crippen LogP contribution in [-0.4, -0.2) is 44.6 Å². The maximum atomic E-state index is 12.8. The number of nitrogens with zero attached hydrogens (tertiary/aromatic N) is 2. The zero-order valence-corrected chi connectivity index (χ0v) is 24.6. The van der Waals surface area contributed by atoms with Gasteiger partial charge in [0.2, 0.25) is 5.91 Å². The molecule has 3 rings (SSSR count). The molecule has 0 aliphatic carbocycles. The minimum absolute atomic E-state index is 0.0766. The Morgan fingerprint density at radius 1 is 1.12 bits per heavy atom. The Labute approximate surface area is 240 Å². The molecule has 3 N–H and O–H groups in total. The molecule has 41 heavy (non-hydrogen) atoms. The number of nitro benzene ring substituents is 1. The number of methoxy groups -OCH3 is 1. The number of hydrogen-bond donors (Lipinski definition) is 3. The lowest BCUT2D eigenvalue weighted by Crippen LogP contribution is -2.17. The van der Waals surface area contributed by atoms with Gasteiger partial charge in [-0.15, -0.1) is 11.3 Å². The van der Waals surface area contributed by atoms with E-state index in [0.717, 1.165) is 10.9 Å². The maximum Gasteiger partial charge on any atom is 0.341 e. The van der Waals surface area contributed by atoms with Crippen LogP contribution in [0.15, 0.2) is 52.5 Å².